The fourth-order valence-corrected chi connectivity index (χ4v) is 4.53. The fourth-order valence-electron chi connectivity index (χ4n) is 4.53. The van der Waals surface area contributed by atoms with Gasteiger partial charge in [-0.15, -0.1) is 0 Å². The Hall–Kier alpha value is -3.25. The number of nitrogens with one attached hydrogen (secondary N) is 1. The summed E-state index contributed by atoms with van der Waals surface area (Å²) in [4.78, 5) is 18.5. The Morgan fingerprint density at radius 2 is 2.11 bits per heavy atom. The van der Waals surface area contributed by atoms with E-state index in [4.69, 9.17) is 9.97 Å². The van der Waals surface area contributed by atoms with Crippen molar-refractivity contribution < 1.29 is 0 Å². The molecule has 0 aliphatic carbocycles. The van der Waals surface area contributed by atoms with Crippen LogP contribution in [0, 0.1) is 0 Å². The van der Waals surface area contributed by atoms with E-state index in [1.165, 1.54) is 25.8 Å². The molecule has 186 valence electrons. The molecule has 1 aliphatic heterocycles. The average Bonchev–Trinajstić information content (AvgIpc) is 2.87. The summed E-state index contributed by atoms with van der Waals surface area (Å²) in [6.45, 7) is 8.06. The molecule has 1 N–H and O–H groups in total. The fraction of sp³-hybridized carbons (Fsp3) is 0.414. The molecular weight excluding hydrogens is 432 g/mol. The number of hydrogen-bond donors (Lipinski definition) is 1. The zero-order chi connectivity index (χ0) is 25.2. The van der Waals surface area contributed by atoms with Crippen LogP contribution in [0.2, 0.25) is 0 Å². The number of anilines is 1. The maximum Gasteiger partial charge on any atom is 0.161 e. The second kappa shape index (κ2) is 13.0. The second-order valence-corrected chi connectivity index (χ2v) is 9.27. The number of benzene rings is 1. The Morgan fingerprint density at radius 1 is 1.29 bits per heavy atom. The predicted molar refractivity (Wildman–Crippen MR) is 151 cm³/mol. The molecule has 1 unspecified atom stereocenters. The maximum atomic E-state index is 4.99. The number of allylic oxidation sites excluding steroid dienone is 4. The topological polar surface area (TPSA) is 56.7 Å². The van der Waals surface area contributed by atoms with Crippen LogP contribution in [-0.2, 0) is 0 Å². The number of rotatable bonds is 10. The van der Waals surface area contributed by atoms with Gasteiger partial charge in [0.05, 0.1) is 0 Å². The van der Waals surface area contributed by atoms with Gasteiger partial charge in [-0.2, -0.15) is 0 Å². The van der Waals surface area contributed by atoms with Crippen LogP contribution in [0.3, 0.4) is 0 Å². The third-order valence-corrected chi connectivity index (χ3v) is 6.44. The zero-order valence-electron chi connectivity index (χ0n) is 22.0. The Kier molecular flexibility index (Phi) is 9.79. The third kappa shape index (κ3) is 7.12. The van der Waals surface area contributed by atoms with Crippen LogP contribution in [0.15, 0.2) is 60.4 Å². The number of likely N-dealkylation sites (tertiary alicyclic amines) is 1. The molecule has 2 aromatic rings. The Bertz CT molecular complexity index is 1080. The minimum Gasteiger partial charge on any atom is -0.383 e. The average molecular weight is 473 g/mol. The van der Waals surface area contributed by atoms with Gasteiger partial charge in [0.1, 0.15) is 5.82 Å². The van der Waals surface area contributed by atoms with Gasteiger partial charge in [-0.3, -0.25) is 4.99 Å². The van der Waals surface area contributed by atoms with Gasteiger partial charge in [-0.25, -0.2) is 9.97 Å². The van der Waals surface area contributed by atoms with Crippen LogP contribution in [-0.4, -0.2) is 73.3 Å². The number of aliphatic imine (C=N–C) groups is 1. The summed E-state index contributed by atoms with van der Waals surface area (Å²) in [6.07, 6.45) is 14.7. The molecule has 35 heavy (non-hydrogen) atoms. The Labute approximate surface area is 211 Å². The van der Waals surface area contributed by atoms with Crippen LogP contribution in [0.5, 0.6) is 0 Å². The maximum absolute atomic E-state index is 4.99. The smallest absolute Gasteiger partial charge is 0.161 e. The van der Waals surface area contributed by atoms with Crippen LogP contribution in [0.25, 0.3) is 22.5 Å². The van der Waals surface area contributed by atoms with Gasteiger partial charge in [-0.05, 0) is 57.0 Å². The summed E-state index contributed by atoms with van der Waals surface area (Å²) in [5.74, 6) is 1.55. The van der Waals surface area contributed by atoms with Gasteiger partial charge >= 0.3 is 0 Å². The van der Waals surface area contributed by atoms with E-state index in [0.717, 1.165) is 46.6 Å². The summed E-state index contributed by atoms with van der Waals surface area (Å²) in [6, 6.07) is 8.93. The monoisotopic (exact) mass is 472 g/mol. The van der Waals surface area contributed by atoms with Gasteiger partial charge in [0.15, 0.2) is 5.82 Å². The van der Waals surface area contributed by atoms with E-state index in [1.807, 2.05) is 50.5 Å². The largest absolute Gasteiger partial charge is 0.383 e. The quantitative estimate of drug-likeness (QED) is 0.359. The van der Waals surface area contributed by atoms with Crippen molar-refractivity contribution in [3.8, 4) is 11.4 Å². The molecule has 1 aromatic carbocycles. The van der Waals surface area contributed by atoms with Crippen molar-refractivity contribution in [2.24, 2.45) is 4.99 Å². The van der Waals surface area contributed by atoms with E-state index in [0.29, 0.717) is 11.9 Å². The molecule has 1 aromatic heterocycles. The zero-order valence-corrected chi connectivity index (χ0v) is 22.0. The molecule has 2 heterocycles. The number of piperidine rings is 1. The first-order valence-electron chi connectivity index (χ1n) is 12.5. The highest BCUT2D eigenvalue weighted by molar-refractivity contribution is 6.11. The number of hydrogen-bond acceptors (Lipinski definition) is 6. The normalized spacial score (nSPS) is 17.6. The van der Waals surface area contributed by atoms with E-state index in [9.17, 15) is 0 Å². The number of nitrogens with zero attached hydrogens (tertiary/aromatic N) is 5. The Morgan fingerprint density at radius 3 is 2.80 bits per heavy atom. The summed E-state index contributed by atoms with van der Waals surface area (Å²) >= 11 is 0. The van der Waals surface area contributed by atoms with E-state index in [2.05, 4.69) is 59.3 Å². The molecule has 0 saturated carbocycles. The van der Waals surface area contributed by atoms with Crippen molar-refractivity contribution in [2.45, 2.75) is 38.6 Å². The molecule has 0 bridgehead atoms. The van der Waals surface area contributed by atoms with Gasteiger partial charge in [0, 0.05) is 69.0 Å². The molecular formula is C29H40N6. The van der Waals surface area contributed by atoms with Crippen LogP contribution in [0.4, 0.5) is 5.82 Å². The lowest BCUT2D eigenvalue weighted by Gasteiger charge is -2.32. The van der Waals surface area contributed by atoms with Crippen molar-refractivity contribution in [3.05, 3.63) is 66.5 Å². The van der Waals surface area contributed by atoms with Crippen molar-refractivity contribution in [2.75, 3.05) is 46.6 Å². The minimum atomic E-state index is 0.622. The third-order valence-electron chi connectivity index (χ3n) is 6.44. The highest BCUT2D eigenvalue weighted by Crippen LogP contribution is 2.27. The van der Waals surface area contributed by atoms with E-state index in [1.54, 1.807) is 7.05 Å². The molecule has 0 amide bonds. The van der Waals surface area contributed by atoms with E-state index < -0.39 is 0 Å². The van der Waals surface area contributed by atoms with E-state index >= 15 is 0 Å². The molecule has 6 heteroatoms. The molecule has 1 fully saturated rings. The molecule has 6 nitrogen and oxygen atoms in total. The number of aromatic nitrogens is 2. The van der Waals surface area contributed by atoms with E-state index in [-0.39, 0.29) is 0 Å². The molecule has 1 atom stereocenters. The second-order valence-electron chi connectivity index (χ2n) is 9.27. The first kappa shape index (κ1) is 26.4. The summed E-state index contributed by atoms with van der Waals surface area (Å²) in [5, 5.41) is 3.62. The highest BCUT2D eigenvalue weighted by Gasteiger charge is 2.19. The summed E-state index contributed by atoms with van der Waals surface area (Å²) in [7, 11) is 8.05. The summed E-state index contributed by atoms with van der Waals surface area (Å²) < 4.78 is 0. The molecule has 3 rings (SSSR count). The SMILES string of the molecule is C=C/C(=C\N(C)C)c1cccc(-c2ncc(/C(C=NC)=C/C)c(NCCC3CCCCN3C)n2)c1. The van der Waals surface area contributed by atoms with Gasteiger partial charge < -0.3 is 15.1 Å². The predicted octanol–water partition coefficient (Wildman–Crippen LogP) is 5.62. The lowest BCUT2D eigenvalue weighted by atomic mass is 10.00. The lowest BCUT2D eigenvalue weighted by molar-refractivity contribution is 0.179. The van der Waals surface area contributed by atoms with Crippen LogP contribution >= 0.6 is 0 Å². The van der Waals surface area contributed by atoms with Crippen LogP contribution in [0.1, 0.15) is 43.7 Å². The molecule has 1 aliphatic rings. The van der Waals surface area contributed by atoms with Crippen molar-refractivity contribution >= 4 is 23.2 Å². The van der Waals surface area contributed by atoms with Gasteiger partial charge in [0.25, 0.3) is 0 Å². The molecule has 1 saturated heterocycles. The van der Waals surface area contributed by atoms with Crippen LogP contribution < -0.4 is 5.32 Å². The Balaban J connectivity index is 1.92. The first-order chi connectivity index (χ1) is 17.0. The highest BCUT2D eigenvalue weighted by atomic mass is 15.1. The van der Waals surface area contributed by atoms with Gasteiger partial charge in [-0.1, -0.05) is 43.4 Å². The minimum absolute atomic E-state index is 0.622. The summed E-state index contributed by atoms with van der Waals surface area (Å²) in [5.41, 5.74) is 5.09. The van der Waals surface area contributed by atoms with Crippen molar-refractivity contribution in [3.63, 3.8) is 0 Å². The molecule has 0 radical (unpaired) electrons. The van der Waals surface area contributed by atoms with Crippen molar-refractivity contribution in [1.29, 1.82) is 0 Å². The first-order valence-corrected chi connectivity index (χ1v) is 12.5. The lowest BCUT2D eigenvalue weighted by Crippen LogP contribution is -2.37. The van der Waals surface area contributed by atoms with Crippen molar-refractivity contribution in [1.82, 2.24) is 19.8 Å². The van der Waals surface area contributed by atoms with Gasteiger partial charge in [0.2, 0.25) is 0 Å². The standard InChI is InChI=1S/C29H40N6/c1-7-22(19-30-3)27-20-32-28(25-13-11-12-24(18-25)23(8-2)21-34(4)5)33-29(27)31-16-15-26-14-9-10-17-35(26)6/h7-8,11-13,18-21,26H,2,9-10,14-17H2,1,3-6H3,(H,31,32,33)/b22-7+,23-21+,30-19?. The molecule has 0 spiro atoms.